The van der Waals surface area contributed by atoms with E-state index in [2.05, 4.69) is 5.32 Å². The molecule has 0 unspecified atom stereocenters. The second-order valence-corrected chi connectivity index (χ2v) is 6.67. The average Bonchev–Trinajstić information content (AvgIpc) is 2.57. The number of Topliss-reactive ketones (excluding diaryl/α,β-unsaturated/α-hetero) is 1. The van der Waals surface area contributed by atoms with E-state index in [1.807, 2.05) is 0 Å². The van der Waals surface area contributed by atoms with E-state index in [4.69, 9.17) is 14.2 Å². The van der Waals surface area contributed by atoms with Crippen molar-refractivity contribution >= 4 is 18.2 Å². The number of hydrogen-bond acceptors (Lipinski definition) is 6. The highest BCUT2D eigenvalue weighted by atomic mass is 16.6. The lowest BCUT2D eigenvalue weighted by Crippen LogP contribution is -2.33. The number of rotatable bonds is 9. The molecule has 0 aliphatic rings. The third-order valence-electron chi connectivity index (χ3n) is 3.46. The summed E-state index contributed by atoms with van der Waals surface area (Å²) in [6, 6.07) is 3.32. The Balaban J connectivity index is 2.94. The molecule has 0 fully saturated rings. The zero-order valence-corrected chi connectivity index (χ0v) is 16.0. The van der Waals surface area contributed by atoms with Gasteiger partial charge in [0.25, 0.3) is 0 Å². The van der Waals surface area contributed by atoms with E-state index in [1.54, 1.807) is 32.9 Å². The molecular weight excluding hydrogens is 338 g/mol. The number of aldehydes is 1. The molecule has 0 saturated heterocycles. The Kier molecular flexibility index (Phi) is 8.09. The SMILES string of the molecule is COc1cc(CCNC(=O)OC(C)(C)C)c(C(=O)CCC=O)cc1OC. The van der Waals surface area contributed by atoms with Crippen molar-refractivity contribution in [3.63, 3.8) is 0 Å². The van der Waals surface area contributed by atoms with Gasteiger partial charge in [0.1, 0.15) is 11.9 Å². The molecule has 0 saturated carbocycles. The minimum Gasteiger partial charge on any atom is -0.493 e. The summed E-state index contributed by atoms with van der Waals surface area (Å²) in [4.78, 5) is 34.7. The number of ketones is 1. The number of methoxy groups -OCH3 is 2. The van der Waals surface area contributed by atoms with Crippen molar-refractivity contribution in [2.45, 2.75) is 45.6 Å². The lowest BCUT2D eigenvalue weighted by Gasteiger charge is -2.20. The van der Waals surface area contributed by atoms with Crippen LogP contribution in [0.5, 0.6) is 11.5 Å². The Labute approximate surface area is 154 Å². The van der Waals surface area contributed by atoms with Gasteiger partial charge >= 0.3 is 6.09 Å². The molecule has 0 heterocycles. The first-order valence-corrected chi connectivity index (χ1v) is 8.40. The topological polar surface area (TPSA) is 90.9 Å². The number of ether oxygens (including phenoxy) is 3. The van der Waals surface area contributed by atoms with Gasteiger partial charge in [0.2, 0.25) is 0 Å². The summed E-state index contributed by atoms with van der Waals surface area (Å²) in [5, 5.41) is 2.66. The van der Waals surface area contributed by atoms with Gasteiger partial charge < -0.3 is 24.3 Å². The first-order valence-electron chi connectivity index (χ1n) is 8.40. The van der Waals surface area contributed by atoms with E-state index in [0.29, 0.717) is 41.9 Å². The third kappa shape index (κ3) is 6.74. The normalized spacial score (nSPS) is 10.8. The highest BCUT2D eigenvalue weighted by Crippen LogP contribution is 2.31. The lowest BCUT2D eigenvalue weighted by atomic mass is 9.97. The van der Waals surface area contributed by atoms with Crippen LogP contribution in [0.3, 0.4) is 0 Å². The lowest BCUT2D eigenvalue weighted by molar-refractivity contribution is -0.107. The van der Waals surface area contributed by atoms with Gasteiger partial charge in [-0.05, 0) is 44.9 Å². The maximum atomic E-state index is 12.4. The fourth-order valence-corrected chi connectivity index (χ4v) is 2.33. The largest absolute Gasteiger partial charge is 0.493 e. The molecule has 0 aromatic heterocycles. The summed E-state index contributed by atoms with van der Waals surface area (Å²) in [6.45, 7) is 5.64. The molecule has 0 bridgehead atoms. The number of carbonyl (C=O) groups is 3. The third-order valence-corrected chi connectivity index (χ3v) is 3.46. The van der Waals surface area contributed by atoms with E-state index in [9.17, 15) is 14.4 Å². The van der Waals surface area contributed by atoms with Crippen molar-refractivity contribution in [3.05, 3.63) is 23.3 Å². The van der Waals surface area contributed by atoms with Gasteiger partial charge in [0.05, 0.1) is 14.2 Å². The number of alkyl carbamates (subject to hydrolysis) is 1. The minimum absolute atomic E-state index is 0.117. The molecule has 1 N–H and O–H groups in total. The van der Waals surface area contributed by atoms with E-state index >= 15 is 0 Å². The Bertz CT molecular complexity index is 648. The molecule has 0 radical (unpaired) electrons. The van der Waals surface area contributed by atoms with Crippen LogP contribution in [0.2, 0.25) is 0 Å². The Hall–Kier alpha value is -2.57. The first-order chi connectivity index (χ1) is 12.2. The minimum atomic E-state index is -0.580. The molecule has 7 heteroatoms. The molecule has 26 heavy (non-hydrogen) atoms. The van der Waals surface area contributed by atoms with Gasteiger partial charge in [-0.15, -0.1) is 0 Å². The van der Waals surface area contributed by atoms with Gasteiger partial charge in [-0.3, -0.25) is 4.79 Å². The molecule has 7 nitrogen and oxygen atoms in total. The highest BCUT2D eigenvalue weighted by molar-refractivity contribution is 5.99. The van der Waals surface area contributed by atoms with Crippen LogP contribution in [0.25, 0.3) is 0 Å². The molecule has 1 amide bonds. The molecule has 0 spiro atoms. The second kappa shape index (κ2) is 9.79. The van der Waals surface area contributed by atoms with Crippen molar-refractivity contribution in [1.29, 1.82) is 0 Å². The molecular formula is C19H27NO6. The Morgan fingerprint density at radius 2 is 1.73 bits per heavy atom. The highest BCUT2D eigenvalue weighted by Gasteiger charge is 2.18. The van der Waals surface area contributed by atoms with Crippen LogP contribution in [0.1, 0.15) is 49.5 Å². The summed E-state index contributed by atoms with van der Waals surface area (Å²) in [5.74, 6) is 0.767. The summed E-state index contributed by atoms with van der Waals surface area (Å²) in [6.07, 6.45) is 0.866. The van der Waals surface area contributed by atoms with Gasteiger partial charge in [0, 0.05) is 24.9 Å². The summed E-state index contributed by atoms with van der Waals surface area (Å²) < 4.78 is 15.7. The van der Waals surface area contributed by atoms with Gasteiger partial charge in [-0.1, -0.05) is 0 Å². The van der Waals surface area contributed by atoms with Gasteiger partial charge in [0.15, 0.2) is 17.3 Å². The maximum Gasteiger partial charge on any atom is 0.407 e. The molecule has 0 aliphatic heterocycles. The smallest absolute Gasteiger partial charge is 0.407 e. The van der Waals surface area contributed by atoms with Crippen LogP contribution in [0.4, 0.5) is 4.79 Å². The fourth-order valence-electron chi connectivity index (χ4n) is 2.33. The van der Waals surface area contributed by atoms with E-state index < -0.39 is 11.7 Å². The monoisotopic (exact) mass is 365 g/mol. The first kappa shape index (κ1) is 21.5. The summed E-state index contributed by atoms with van der Waals surface area (Å²) in [5.41, 5.74) is 0.578. The van der Waals surface area contributed by atoms with Crippen molar-refractivity contribution in [2.75, 3.05) is 20.8 Å². The molecule has 0 atom stereocenters. The average molecular weight is 365 g/mol. The number of benzene rings is 1. The number of hydrogen-bond donors (Lipinski definition) is 1. The number of amides is 1. The van der Waals surface area contributed by atoms with Gasteiger partial charge in [-0.2, -0.15) is 0 Å². The summed E-state index contributed by atoms with van der Waals surface area (Å²) >= 11 is 0. The van der Waals surface area contributed by atoms with Crippen LogP contribution >= 0.6 is 0 Å². The van der Waals surface area contributed by atoms with E-state index in [-0.39, 0.29) is 18.6 Å². The molecule has 1 aromatic rings. The van der Waals surface area contributed by atoms with Gasteiger partial charge in [-0.25, -0.2) is 4.79 Å². The molecule has 1 aromatic carbocycles. The fraction of sp³-hybridized carbons (Fsp3) is 0.526. The van der Waals surface area contributed by atoms with Crippen LogP contribution < -0.4 is 14.8 Å². The Morgan fingerprint density at radius 3 is 2.27 bits per heavy atom. The second-order valence-electron chi connectivity index (χ2n) is 6.67. The zero-order chi connectivity index (χ0) is 19.7. The predicted octanol–water partition coefficient (Wildman–Crippen LogP) is 2.93. The van der Waals surface area contributed by atoms with E-state index in [0.717, 1.165) is 0 Å². The zero-order valence-electron chi connectivity index (χ0n) is 16.0. The van der Waals surface area contributed by atoms with Crippen LogP contribution in [0.15, 0.2) is 12.1 Å². The van der Waals surface area contributed by atoms with Crippen molar-refractivity contribution < 1.29 is 28.6 Å². The quantitative estimate of drug-likeness (QED) is 0.534. The molecule has 0 aliphatic carbocycles. The molecule has 1 rings (SSSR count). The molecule has 144 valence electrons. The van der Waals surface area contributed by atoms with E-state index in [1.165, 1.54) is 14.2 Å². The maximum absolute atomic E-state index is 12.4. The van der Waals surface area contributed by atoms with Crippen molar-refractivity contribution in [2.24, 2.45) is 0 Å². The summed E-state index contributed by atoms with van der Waals surface area (Å²) in [7, 11) is 3.00. The van der Waals surface area contributed by atoms with Crippen LogP contribution in [0, 0.1) is 0 Å². The number of carbonyl (C=O) groups excluding carboxylic acids is 3. The number of nitrogens with one attached hydrogen (secondary N) is 1. The van der Waals surface area contributed by atoms with Crippen molar-refractivity contribution in [3.8, 4) is 11.5 Å². The standard InChI is InChI=1S/C19H27NO6/c1-19(2,3)26-18(23)20-9-8-13-11-16(24-4)17(25-5)12-14(13)15(22)7-6-10-21/h10-12H,6-9H2,1-5H3,(H,20,23). The van der Waals surface area contributed by atoms with Crippen molar-refractivity contribution in [1.82, 2.24) is 5.32 Å². The predicted molar refractivity (Wildman–Crippen MR) is 97.1 cm³/mol. The van der Waals surface area contributed by atoms with Crippen LogP contribution in [-0.2, 0) is 16.0 Å². The van der Waals surface area contributed by atoms with Crippen LogP contribution in [-0.4, -0.2) is 44.5 Å². The Morgan fingerprint density at radius 1 is 1.12 bits per heavy atom.